The van der Waals surface area contributed by atoms with Crippen molar-refractivity contribution in [3.05, 3.63) is 0 Å². The molecular weight excluding hydrogens is 188 g/mol. The Morgan fingerprint density at radius 1 is 1.40 bits per heavy atom. The van der Waals surface area contributed by atoms with Crippen LogP contribution in [-0.2, 0) is 4.79 Å². The number of amides is 1. The van der Waals surface area contributed by atoms with E-state index in [9.17, 15) is 4.79 Å². The third-order valence-corrected chi connectivity index (χ3v) is 3.60. The average Bonchev–Trinajstić information content (AvgIpc) is 2.86. The maximum atomic E-state index is 12.1. The number of hydrogen-bond donors (Lipinski definition) is 1. The van der Waals surface area contributed by atoms with Crippen LogP contribution in [0.5, 0.6) is 0 Å². The van der Waals surface area contributed by atoms with E-state index >= 15 is 0 Å². The van der Waals surface area contributed by atoms with Crippen LogP contribution in [0.25, 0.3) is 0 Å². The van der Waals surface area contributed by atoms with E-state index in [0.29, 0.717) is 17.9 Å². The Balaban J connectivity index is 1.90. The first kappa shape index (κ1) is 10.9. The summed E-state index contributed by atoms with van der Waals surface area (Å²) >= 11 is 0. The van der Waals surface area contributed by atoms with E-state index in [1.54, 1.807) is 0 Å². The molecule has 1 heterocycles. The van der Waals surface area contributed by atoms with Gasteiger partial charge in [-0.3, -0.25) is 10.1 Å². The van der Waals surface area contributed by atoms with E-state index < -0.39 is 0 Å². The first-order chi connectivity index (χ1) is 7.09. The van der Waals surface area contributed by atoms with Gasteiger partial charge in [-0.1, -0.05) is 26.7 Å². The van der Waals surface area contributed by atoms with Crippen molar-refractivity contribution < 1.29 is 4.79 Å². The lowest BCUT2D eigenvalue weighted by Gasteiger charge is -2.24. The Kier molecular flexibility index (Phi) is 3.01. The second-order valence-corrected chi connectivity index (χ2v) is 5.42. The molecule has 2 aliphatic rings. The summed E-state index contributed by atoms with van der Waals surface area (Å²) in [6.07, 6.45) is 3.93. The van der Waals surface area contributed by atoms with Crippen LogP contribution < -0.4 is 5.32 Å². The molecule has 1 saturated carbocycles. The maximum absolute atomic E-state index is 12.1. The standard InChI is InChI=1S/C12H22N2O/c1-8(2)11-12(15)14(7-13-11)9(3)6-10-4-5-10/h8-11,13H,4-7H2,1-3H3. The van der Waals surface area contributed by atoms with Gasteiger partial charge in [0.25, 0.3) is 0 Å². The molecule has 86 valence electrons. The van der Waals surface area contributed by atoms with Gasteiger partial charge in [0.1, 0.15) is 0 Å². The molecule has 2 atom stereocenters. The van der Waals surface area contributed by atoms with E-state index in [4.69, 9.17) is 0 Å². The van der Waals surface area contributed by atoms with Gasteiger partial charge in [-0.25, -0.2) is 0 Å². The number of hydrogen-bond acceptors (Lipinski definition) is 2. The third kappa shape index (κ3) is 2.33. The van der Waals surface area contributed by atoms with Crippen molar-refractivity contribution in [2.24, 2.45) is 11.8 Å². The van der Waals surface area contributed by atoms with Crippen LogP contribution in [0.4, 0.5) is 0 Å². The molecule has 1 amide bonds. The Labute approximate surface area is 92.2 Å². The van der Waals surface area contributed by atoms with Crippen LogP contribution in [0, 0.1) is 11.8 Å². The fourth-order valence-corrected chi connectivity index (χ4v) is 2.40. The highest BCUT2D eigenvalue weighted by molar-refractivity contribution is 5.84. The van der Waals surface area contributed by atoms with Crippen LogP contribution in [0.15, 0.2) is 0 Å². The minimum Gasteiger partial charge on any atom is -0.326 e. The lowest BCUT2D eigenvalue weighted by Crippen LogP contribution is -2.38. The van der Waals surface area contributed by atoms with Crippen molar-refractivity contribution >= 4 is 5.91 Å². The molecule has 0 spiro atoms. The molecule has 2 rings (SSSR count). The normalized spacial score (nSPS) is 28.9. The Morgan fingerprint density at radius 2 is 2.07 bits per heavy atom. The van der Waals surface area contributed by atoms with Crippen molar-refractivity contribution in [2.45, 2.75) is 52.1 Å². The zero-order chi connectivity index (χ0) is 11.0. The zero-order valence-electron chi connectivity index (χ0n) is 9.99. The van der Waals surface area contributed by atoms with Crippen molar-refractivity contribution in [3.63, 3.8) is 0 Å². The maximum Gasteiger partial charge on any atom is 0.241 e. The average molecular weight is 210 g/mol. The number of nitrogens with one attached hydrogen (secondary N) is 1. The minimum atomic E-state index is 0.0478. The molecule has 15 heavy (non-hydrogen) atoms. The molecule has 0 bridgehead atoms. The molecule has 2 unspecified atom stereocenters. The van der Waals surface area contributed by atoms with Gasteiger partial charge in [0.2, 0.25) is 5.91 Å². The Bertz CT molecular complexity index is 248. The lowest BCUT2D eigenvalue weighted by molar-refractivity contribution is -0.131. The molecule has 0 aromatic carbocycles. The SMILES string of the molecule is CC(C)C1NCN(C(C)CC2CC2)C1=O. The summed E-state index contributed by atoms with van der Waals surface area (Å²) in [5.41, 5.74) is 0. The van der Waals surface area contributed by atoms with E-state index in [1.165, 1.54) is 19.3 Å². The number of carbonyl (C=O) groups excluding carboxylic acids is 1. The summed E-state index contributed by atoms with van der Waals surface area (Å²) in [7, 11) is 0. The second kappa shape index (κ2) is 4.12. The molecule has 1 N–H and O–H groups in total. The largest absolute Gasteiger partial charge is 0.326 e. The molecular formula is C12H22N2O. The molecule has 0 aromatic heterocycles. The Morgan fingerprint density at radius 3 is 2.53 bits per heavy atom. The first-order valence-corrected chi connectivity index (χ1v) is 6.13. The van der Waals surface area contributed by atoms with Crippen molar-refractivity contribution in [1.82, 2.24) is 10.2 Å². The first-order valence-electron chi connectivity index (χ1n) is 6.13. The topological polar surface area (TPSA) is 32.3 Å². The van der Waals surface area contributed by atoms with E-state index in [2.05, 4.69) is 26.1 Å². The fraction of sp³-hybridized carbons (Fsp3) is 0.917. The van der Waals surface area contributed by atoms with Crippen molar-refractivity contribution in [3.8, 4) is 0 Å². The minimum absolute atomic E-state index is 0.0478. The van der Waals surface area contributed by atoms with Gasteiger partial charge in [0.05, 0.1) is 12.7 Å². The van der Waals surface area contributed by atoms with E-state index in [1.807, 2.05) is 4.90 Å². The van der Waals surface area contributed by atoms with Gasteiger partial charge in [-0.05, 0) is 25.2 Å². The van der Waals surface area contributed by atoms with Gasteiger partial charge in [0, 0.05) is 6.04 Å². The number of nitrogens with zero attached hydrogens (tertiary/aromatic N) is 1. The summed E-state index contributed by atoms with van der Waals surface area (Å²) in [4.78, 5) is 14.1. The van der Waals surface area contributed by atoms with Gasteiger partial charge in [0.15, 0.2) is 0 Å². The lowest BCUT2D eigenvalue weighted by atomic mass is 10.0. The highest BCUT2D eigenvalue weighted by Crippen LogP contribution is 2.35. The molecule has 2 fully saturated rings. The van der Waals surface area contributed by atoms with Gasteiger partial charge < -0.3 is 4.90 Å². The number of carbonyl (C=O) groups is 1. The molecule has 0 radical (unpaired) electrons. The van der Waals surface area contributed by atoms with Crippen molar-refractivity contribution in [2.75, 3.05) is 6.67 Å². The molecule has 0 aromatic rings. The summed E-state index contributed by atoms with van der Waals surface area (Å²) in [5, 5.41) is 3.31. The fourth-order valence-electron chi connectivity index (χ4n) is 2.40. The molecule has 3 heteroatoms. The zero-order valence-corrected chi connectivity index (χ0v) is 9.99. The monoisotopic (exact) mass is 210 g/mol. The Hall–Kier alpha value is -0.570. The van der Waals surface area contributed by atoms with Crippen LogP contribution in [0.1, 0.15) is 40.0 Å². The third-order valence-electron chi connectivity index (χ3n) is 3.60. The van der Waals surface area contributed by atoms with E-state index in [-0.39, 0.29) is 6.04 Å². The summed E-state index contributed by atoms with van der Waals surface area (Å²) in [6, 6.07) is 0.466. The van der Waals surface area contributed by atoms with Crippen molar-refractivity contribution in [1.29, 1.82) is 0 Å². The van der Waals surface area contributed by atoms with Crippen LogP contribution in [-0.4, -0.2) is 29.6 Å². The summed E-state index contributed by atoms with van der Waals surface area (Å²) < 4.78 is 0. The van der Waals surface area contributed by atoms with Gasteiger partial charge in [-0.2, -0.15) is 0 Å². The van der Waals surface area contributed by atoms with Crippen LogP contribution in [0.2, 0.25) is 0 Å². The summed E-state index contributed by atoms with van der Waals surface area (Å²) in [5.74, 6) is 1.60. The smallest absolute Gasteiger partial charge is 0.241 e. The molecule has 1 saturated heterocycles. The van der Waals surface area contributed by atoms with Crippen LogP contribution in [0.3, 0.4) is 0 Å². The second-order valence-electron chi connectivity index (χ2n) is 5.42. The van der Waals surface area contributed by atoms with Gasteiger partial charge in [-0.15, -0.1) is 0 Å². The molecule has 3 nitrogen and oxygen atoms in total. The van der Waals surface area contributed by atoms with E-state index in [0.717, 1.165) is 12.6 Å². The molecule has 1 aliphatic heterocycles. The highest BCUT2D eigenvalue weighted by Gasteiger charge is 2.37. The highest BCUT2D eigenvalue weighted by atomic mass is 16.2. The quantitative estimate of drug-likeness (QED) is 0.764. The van der Waals surface area contributed by atoms with Gasteiger partial charge >= 0.3 is 0 Å². The number of rotatable bonds is 4. The predicted molar refractivity (Wildman–Crippen MR) is 60.3 cm³/mol. The van der Waals surface area contributed by atoms with Crippen LogP contribution >= 0.6 is 0 Å². The predicted octanol–water partition coefficient (Wildman–Crippen LogP) is 1.59. The summed E-state index contributed by atoms with van der Waals surface area (Å²) in [6.45, 7) is 7.13. The molecule has 1 aliphatic carbocycles.